The van der Waals surface area contributed by atoms with E-state index in [0.29, 0.717) is 38.6 Å². The van der Waals surface area contributed by atoms with E-state index in [4.69, 9.17) is 0 Å². The van der Waals surface area contributed by atoms with Crippen molar-refractivity contribution >= 4 is 22.0 Å². The van der Waals surface area contributed by atoms with Gasteiger partial charge in [0, 0.05) is 6.54 Å². The van der Waals surface area contributed by atoms with Gasteiger partial charge in [0.25, 0.3) is 5.91 Å². The molecule has 0 unspecified atom stereocenters. The molecule has 0 saturated carbocycles. The molecule has 0 spiro atoms. The maximum Gasteiger partial charge on any atom is 0.321 e. The van der Waals surface area contributed by atoms with Crippen LogP contribution in [0.25, 0.3) is 0 Å². The van der Waals surface area contributed by atoms with Gasteiger partial charge in [-0.1, -0.05) is 31.5 Å². The molecule has 1 aromatic carbocycles. The van der Waals surface area contributed by atoms with Crippen LogP contribution in [-0.4, -0.2) is 63.9 Å². The molecular formula is C18H29N4O4S+. The normalized spacial score (nSPS) is 16.3. The summed E-state index contributed by atoms with van der Waals surface area (Å²) in [5.74, 6) is -0.0545. The van der Waals surface area contributed by atoms with Gasteiger partial charge in [-0.3, -0.25) is 10.1 Å². The molecule has 1 heterocycles. The Labute approximate surface area is 161 Å². The minimum atomic E-state index is -3.51. The molecule has 1 aliphatic rings. The van der Waals surface area contributed by atoms with Crippen LogP contribution < -0.4 is 15.5 Å². The minimum Gasteiger partial charge on any atom is -0.338 e. The first kappa shape index (κ1) is 21.3. The van der Waals surface area contributed by atoms with Gasteiger partial charge < -0.3 is 10.2 Å². The van der Waals surface area contributed by atoms with Crippen LogP contribution in [0.15, 0.2) is 29.2 Å². The smallest absolute Gasteiger partial charge is 0.321 e. The van der Waals surface area contributed by atoms with Crippen LogP contribution in [-0.2, 0) is 14.8 Å². The standard InChI is InChI=1S/C18H28N4O4S/c1-14(2)12-19-18(24)20-17(23)13-21-8-10-22(11-9-21)27(25,26)16-6-4-15(3)5-7-16/h4-7,14H,8-13H2,1-3H3,(H2,19,20,23,24)/p+1. The molecule has 27 heavy (non-hydrogen) atoms. The molecule has 1 fully saturated rings. The van der Waals surface area contributed by atoms with E-state index in [1.165, 1.54) is 4.31 Å². The monoisotopic (exact) mass is 397 g/mol. The van der Waals surface area contributed by atoms with E-state index in [9.17, 15) is 18.0 Å². The zero-order valence-corrected chi connectivity index (χ0v) is 16.9. The van der Waals surface area contributed by atoms with E-state index in [2.05, 4.69) is 10.6 Å². The lowest BCUT2D eigenvalue weighted by molar-refractivity contribution is -0.895. The number of hydrogen-bond donors (Lipinski definition) is 3. The average Bonchev–Trinajstić information content (AvgIpc) is 2.60. The number of quaternary nitrogens is 1. The molecule has 3 N–H and O–H groups in total. The van der Waals surface area contributed by atoms with Crippen LogP contribution in [0, 0.1) is 12.8 Å². The SMILES string of the molecule is Cc1ccc(S(=O)(=O)N2CC[NH+](CC(=O)NC(=O)NCC(C)C)CC2)cc1. The first-order valence-corrected chi connectivity index (χ1v) is 10.6. The van der Waals surface area contributed by atoms with Gasteiger partial charge in [0.05, 0.1) is 31.1 Å². The fourth-order valence-corrected chi connectivity index (χ4v) is 4.26. The summed E-state index contributed by atoms with van der Waals surface area (Å²) in [7, 11) is -3.51. The quantitative estimate of drug-likeness (QED) is 0.595. The molecule has 3 amide bonds. The second-order valence-corrected chi connectivity index (χ2v) is 9.23. The molecular weight excluding hydrogens is 368 g/mol. The Kier molecular flexibility index (Phi) is 7.34. The van der Waals surface area contributed by atoms with Crippen LogP contribution >= 0.6 is 0 Å². The van der Waals surface area contributed by atoms with E-state index in [1.54, 1.807) is 24.3 Å². The molecule has 0 radical (unpaired) electrons. The van der Waals surface area contributed by atoms with Crippen LogP contribution in [0.4, 0.5) is 4.79 Å². The summed E-state index contributed by atoms with van der Waals surface area (Å²) in [4.78, 5) is 24.8. The number of carbonyl (C=O) groups is 2. The van der Waals surface area contributed by atoms with Gasteiger partial charge in [0.2, 0.25) is 10.0 Å². The van der Waals surface area contributed by atoms with Crippen molar-refractivity contribution in [3.8, 4) is 0 Å². The van der Waals surface area contributed by atoms with Gasteiger partial charge in [-0.05, 0) is 25.0 Å². The van der Waals surface area contributed by atoms with Gasteiger partial charge in [0.15, 0.2) is 6.54 Å². The highest BCUT2D eigenvalue weighted by Gasteiger charge is 2.31. The van der Waals surface area contributed by atoms with Crippen molar-refractivity contribution in [3.63, 3.8) is 0 Å². The van der Waals surface area contributed by atoms with Crippen molar-refractivity contribution in [3.05, 3.63) is 29.8 Å². The van der Waals surface area contributed by atoms with Gasteiger partial charge in [-0.2, -0.15) is 4.31 Å². The van der Waals surface area contributed by atoms with E-state index in [-0.39, 0.29) is 17.3 Å². The Morgan fingerprint density at radius 3 is 2.30 bits per heavy atom. The van der Waals surface area contributed by atoms with E-state index in [1.807, 2.05) is 20.8 Å². The summed E-state index contributed by atoms with van der Waals surface area (Å²) in [6.45, 7) is 8.23. The van der Waals surface area contributed by atoms with Gasteiger partial charge >= 0.3 is 6.03 Å². The van der Waals surface area contributed by atoms with Crippen molar-refractivity contribution in [2.45, 2.75) is 25.7 Å². The number of aryl methyl sites for hydroxylation is 1. The summed E-state index contributed by atoms with van der Waals surface area (Å²) in [5.41, 5.74) is 1.01. The van der Waals surface area contributed by atoms with Crippen LogP contribution in [0.1, 0.15) is 19.4 Å². The van der Waals surface area contributed by atoms with Crippen molar-refractivity contribution in [2.24, 2.45) is 5.92 Å². The van der Waals surface area contributed by atoms with Crippen molar-refractivity contribution < 1.29 is 22.9 Å². The van der Waals surface area contributed by atoms with Crippen LogP contribution in [0.5, 0.6) is 0 Å². The zero-order valence-electron chi connectivity index (χ0n) is 16.1. The fourth-order valence-electron chi connectivity index (χ4n) is 2.82. The summed E-state index contributed by atoms with van der Waals surface area (Å²) in [6.07, 6.45) is 0. The maximum atomic E-state index is 12.7. The molecule has 2 rings (SSSR count). The Morgan fingerprint density at radius 2 is 1.74 bits per heavy atom. The highest BCUT2D eigenvalue weighted by atomic mass is 32.2. The number of sulfonamides is 1. The highest BCUT2D eigenvalue weighted by molar-refractivity contribution is 7.89. The molecule has 150 valence electrons. The second kappa shape index (κ2) is 9.29. The number of nitrogens with zero attached hydrogens (tertiary/aromatic N) is 1. The molecule has 1 saturated heterocycles. The van der Waals surface area contributed by atoms with Gasteiger partial charge in [-0.15, -0.1) is 0 Å². The number of amides is 3. The number of benzene rings is 1. The number of urea groups is 1. The zero-order chi connectivity index (χ0) is 20.0. The lowest BCUT2D eigenvalue weighted by Gasteiger charge is -2.31. The Balaban J connectivity index is 1.82. The average molecular weight is 398 g/mol. The number of hydrogen-bond acceptors (Lipinski definition) is 4. The van der Waals surface area contributed by atoms with E-state index < -0.39 is 16.1 Å². The Bertz CT molecular complexity index is 754. The third-order valence-electron chi connectivity index (χ3n) is 4.42. The molecule has 0 aromatic heterocycles. The predicted molar refractivity (Wildman–Crippen MR) is 102 cm³/mol. The van der Waals surface area contributed by atoms with E-state index >= 15 is 0 Å². The first-order valence-electron chi connectivity index (χ1n) is 9.16. The number of rotatable bonds is 6. The van der Waals surface area contributed by atoms with Crippen LogP contribution in [0.3, 0.4) is 0 Å². The van der Waals surface area contributed by atoms with E-state index in [0.717, 1.165) is 10.5 Å². The molecule has 0 aliphatic carbocycles. The Hall–Kier alpha value is -1.97. The summed E-state index contributed by atoms with van der Waals surface area (Å²) >= 11 is 0. The van der Waals surface area contributed by atoms with Crippen LogP contribution in [0.2, 0.25) is 0 Å². The number of piperazine rings is 1. The maximum absolute atomic E-state index is 12.7. The fraction of sp³-hybridized carbons (Fsp3) is 0.556. The molecule has 9 heteroatoms. The molecule has 0 bridgehead atoms. The first-order chi connectivity index (χ1) is 12.7. The van der Waals surface area contributed by atoms with Crippen molar-refractivity contribution in [2.75, 3.05) is 39.3 Å². The van der Waals surface area contributed by atoms with Crippen molar-refractivity contribution in [1.29, 1.82) is 0 Å². The largest absolute Gasteiger partial charge is 0.338 e. The lowest BCUT2D eigenvalue weighted by atomic mass is 10.2. The minimum absolute atomic E-state index is 0.146. The molecule has 8 nitrogen and oxygen atoms in total. The van der Waals surface area contributed by atoms with Gasteiger partial charge in [-0.25, -0.2) is 13.2 Å². The van der Waals surface area contributed by atoms with Crippen molar-refractivity contribution in [1.82, 2.24) is 14.9 Å². The summed E-state index contributed by atoms with van der Waals surface area (Å²) in [6, 6.07) is 6.31. The third kappa shape index (κ3) is 6.30. The lowest BCUT2D eigenvalue weighted by Crippen LogP contribution is -3.15. The third-order valence-corrected chi connectivity index (χ3v) is 6.34. The Morgan fingerprint density at radius 1 is 1.15 bits per heavy atom. The number of carbonyl (C=O) groups excluding carboxylic acids is 2. The molecule has 0 atom stereocenters. The second-order valence-electron chi connectivity index (χ2n) is 7.30. The predicted octanol–water partition coefficient (Wildman–Crippen LogP) is -0.634. The molecule has 1 aliphatic heterocycles. The highest BCUT2D eigenvalue weighted by Crippen LogP contribution is 2.16. The van der Waals surface area contributed by atoms with Gasteiger partial charge in [0.1, 0.15) is 0 Å². The summed E-state index contributed by atoms with van der Waals surface area (Å²) in [5, 5.41) is 4.95. The topological polar surface area (TPSA) is 100 Å². The number of nitrogens with one attached hydrogen (secondary N) is 3. The summed E-state index contributed by atoms with van der Waals surface area (Å²) < 4.78 is 26.8. The number of imide groups is 1. The molecule has 1 aromatic rings.